The molecule has 1 aliphatic carbocycles. The molecule has 0 bridgehead atoms. The molecule has 2 fully saturated rings. The number of carbonyl (C=O) groups excluding carboxylic acids is 3. The lowest BCUT2D eigenvalue weighted by molar-refractivity contribution is -0.141. The van der Waals surface area contributed by atoms with Gasteiger partial charge in [0, 0.05) is 58.3 Å². The van der Waals surface area contributed by atoms with Crippen molar-refractivity contribution in [3.8, 4) is 0 Å². The SMILES string of the molecule is COCCCNC(=O)C1CCC(C(=O)N2CCN(C=O)CC2)CC1. The van der Waals surface area contributed by atoms with E-state index in [1.807, 2.05) is 4.90 Å². The molecule has 0 aromatic rings. The Morgan fingerprint density at radius 3 is 2.29 bits per heavy atom. The third-order valence-electron chi connectivity index (χ3n) is 5.05. The van der Waals surface area contributed by atoms with Crippen molar-refractivity contribution in [1.82, 2.24) is 15.1 Å². The van der Waals surface area contributed by atoms with Crippen LogP contribution in [0.25, 0.3) is 0 Å². The highest BCUT2D eigenvalue weighted by molar-refractivity contribution is 5.81. The number of rotatable bonds is 7. The van der Waals surface area contributed by atoms with Gasteiger partial charge in [-0.25, -0.2) is 0 Å². The molecule has 1 saturated heterocycles. The maximum absolute atomic E-state index is 12.6. The molecule has 0 spiro atoms. The molecule has 2 aliphatic rings. The Balaban J connectivity index is 1.69. The van der Waals surface area contributed by atoms with Gasteiger partial charge in [0.05, 0.1) is 0 Å². The Labute approximate surface area is 143 Å². The number of ether oxygens (including phenoxy) is 1. The number of hydrogen-bond donors (Lipinski definition) is 1. The highest BCUT2D eigenvalue weighted by Gasteiger charge is 2.32. The summed E-state index contributed by atoms with van der Waals surface area (Å²) in [7, 11) is 1.65. The molecule has 24 heavy (non-hydrogen) atoms. The van der Waals surface area contributed by atoms with Gasteiger partial charge < -0.3 is 19.9 Å². The van der Waals surface area contributed by atoms with Crippen LogP contribution in [0.15, 0.2) is 0 Å². The lowest BCUT2D eigenvalue weighted by Gasteiger charge is -2.36. The van der Waals surface area contributed by atoms with Gasteiger partial charge in [0.1, 0.15) is 0 Å². The maximum Gasteiger partial charge on any atom is 0.225 e. The highest BCUT2D eigenvalue weighted by atomic mass is 16.5. The first-order valence-electron chi connectivity index (χ1n) is 8.90. The van der Waals surface area contributed by atoms with Gasteiger partial charge in [-0.3, -0.25) is 14.4 Å². The van der Waals surface area contributed by atoms with Crippen LogP contribution in [0, 0.1) is 11.8 Å². The van der Waals surface area contributed by atoms with Gasteiger partial charge in [-0.1, -0.05) is 0 Å². The minimum Gasteiger partial charge on any atom is -0.385 e. The van der Waals surface area contributed by atoms with E-state index in [0.29, 0.717) is 39.3 Å². The fraction of sp³-hybridized carbons (Fsp3) is 0.824. The lowest BCUT2D eigenvalue weighted by Crippen LogP contribution is -2.50. The third kappa shape index (κ3) is 5.19. The number of nitrogens with zero attached hydrogens (tertiary/aromatic N) is 2. The fourth-order valence-electron chi connectivity index (χ4n) is 3.48. The van der Waals surface area contributed by atoms with Crippen molar-refractivity contribution in [2.24, 2.45) is 11.8 Å². The van der Waals surface area contributed by atoms with E-state index in [0.717, 1.165) is 38.5 Å². The molecule has 1 N–H and O–H groups in total. The van der Waals surface area contributed by atoms with Crippen molar-refractivity contribution in [2.45, 2.75) is 32.1 Å². The van der Waals surface area contributed by atoms with Crippen LogP contribution in [0.1, 0.15) is 32.1 Å². The van der Waals surface area contributed by atoms with Gasteiger partial charge in [0.25, 0.3) is 0 Å². The smallest absolute Gasteiger partial charge is 0.225 e. The molecule has 0 aromatic carbocycles. The van der Waals surface area contributed by atoms with Crippen molar-refractivity contribution in [1.29, 1.82) is 0 Å². The quantitative estimate of drug-likeness (QED) is 0.533. The standard InChI is InChI=1S/C17H29N3O4/c1-24-12-2-7-18-16(22)14-3-5-15(6-4-14)17(23)20-10-8-19(13-21)9-11-20/h13-15H,2-12H2,1H3,(H,18,22). The maximum atomic E-state index is 12.6. The van der Waals surface area contributed by atoms with Crippen molar-refractivity contribution in [3.05, 3.63) is 0 Å². The first-order chi connectivity index (χ1) is 11.7. The van der Waals surface area contributed by atoms with Crippen LogP contribution in [0.2, 0.25) is 0 Å². The minimum absolute atomic E-state index is 0.0310. The summed E-state index contributed by atoms with van der Waals surface area (Å²) in [5, 5.41) is 2.95. The van der Waals surface area contributed by atoms with Crippen molar-refractivity contribution in [2.75, 3.05) is 46.4 Å². The first kappa shape index (κ1) is 18.7. The molecule has 0 unspecified atom stereocenters. The van der Waals surface area contributed by atoms with E-state index in [9.17, 15) is 14.4 Å². The molecule has 7 nitrogen and oxygen atoms in total. The van der Waals surface area contributed by atoms with Crippen molar-refractivity contribution in [3.63, 3.8) is 0 Å². The van der Waals surface area contributed by atoms with E-state index >= 15 is 0 Å². The van der Waals surface area contributed by atoms with Gasteiger partial charge in [-0.15, -0.1) is 0 Å². The van der Waals surface area contributed by atoms with Crippen molar-refractivity contribution >= 4 is 18.2 Å². The second kappa shape index (κ2) is 9.61. The average molecular weight is 339 g/mol. The highest BCUT2D eigenvalue weighted by Crippen LogP contribution is 2.30. The van der Waals surface area contributed by atoms with E-state index in [4.69, 9.17) is 4.74 Å². The zero-order valence-corrected chi connectivity index (χ0v) is 14.5. The summed E-state index contributed by atoms with van der Waals surface area (Å²) in [6.07, 6.45) is 4.79. The van der Waals surface area contributed by atoms with Crippen molar-refractivity contribution < 1.29 is 19.1 Å². The van der Waals surface area contributed by atoms with E-state index in [-0.39, 0.29) is 23.7 Å². The Kier molecular flexibility index (Phi) is 7.49. The second-order valence-electron chi connectivity index (χ2n) is 6.65. The Morgan fingerprint density at radius 1 is 1.08 bits per heavy atom. The molecule has 7 heteroatoms. The zero-order valence-electron chi connectivity index (χ0n) is 14.5. The van der Waals surface area contributed by atoms with Crippen LogP contribution in [0.5, 0.6) is 0 Å². The minimum atomic E-state index is 0.0310. The predicted molar refractivity (Wildman–Crippen MR) is 89.2 cm³/mol. The Bertz CT molecular complexity index is 428. The van der Waals surface area contributed by atoms with E-state index < -0.39 is 0 Å². The molecular formula is C17H29N3O4. The number of hydrogen-bond acceptors (Lipinski definition) is 4. The number of piperazine rings is 1. The number of amides is 3. The molecule has 0 atom stereocenters. The Morgan fingerprint density at radius 2 is 1.71 bits per heavy atom. The number of carbonyl (C=O) groups is 3. The van der Waals surface area contributed by atoms with Gasteiger partial charge in [-0.05, 0) is 32.1 Å². The normalized spacial score (nSPS) is 24.5. The van der Waals surface area contributed by atoms with Gasteiger partial charge in [0.2, 0.25) is 18.2 Å². The summed E-state index contributed by atoms with van der Waals surface area (Å²) in [5.74, 6) is 0.366. The van der Waals surface area contributed by atoms with Gasteiger partial charge >= 0.3 is 0 Å². The Hall–Kier alpha value is -1.63. The molecule has 0 radical (unpaired) electrons. The zero-order chi connectivity index (χ0) is 17.4. The summed E-state index contributed by atoms with van der Waals surface area (Å²) in [4.78, 5) is 39.0. The molecule has 1 heterocycles. The van der Waals surface area contributed by atoms with Crippen LogP contribution in [-0.2, 0) is 19.1 Å². The van der Waals surface area contributed by atoms with Crippen LogP contribution in [0.3, 0.4) is 0 Å². The fourth-order valence-corrected chi connectivity index (χ4v) is 3.48. The first-order valence-corrected chi connectivity index (χ1v) is 8.90. The van der Waals surface area contributed by atoms with Gasteiger partial charge in [-0.2, -0.15) is 0 Å². The molecule has 136 valence electrons. The van der Waals surface area contributed by atoms with E-state index in [1.165, 1.54) is 0 Å². The van der Waals surface area contributed by atoms with Crippen LogP contribution in [-0.4, -0.2) is 74.5 Å². The summed E-state index contributed by atoms with van der Waals surface area (Å²) in [6, 6.07) is 0. The lowest BCUT2D eigenvalue weighted by atomic mass is 9.81. The van der Waals surface area contributed by atoms with Crippen LogP contribution >= 0.6 is 0 Å². The molecule has 2 rings (SSSR count). The van der Waals surface area contributed by atoms with Crippen LogP contribution in [0.4, 0.5) is 0 Å². The summed E-state index contributed by atoms with van der Waals surface area (Å²) in [6.45, 7) is 3.78. The third-order valence-corrected chi connectivity index (χ3v) is 5.05. The molecular weight excluding hydrogens is 310 g/mol. The molecule has 1 saturated carbocycles. The summed E-state index contributed by atoms with van der Waals surface area (Å²) < 4.78 is 4.97. The number of nitrogens with one attached hydrogen (secondary N) is 1. The van der Waals surface area contributed by atoms with E-state index in [2.05, 4.69) is 5.32 Å². The molecule has 1 aliphatic heterocycles. The monoisotopic (exact) mass is 339 g/mol. The largest absolute Gasteiger partial charge is 0.385 e. The summed E-state index contributed by atoms with van der Waals surface area (Å²) in [5.41, 5.74) is 0. The second-order valence-corrected chi connectivity index (χ2v) is 6.65. The summed E-state index contributed by atoms with van der Waals surface area (Å²) >= 11 is 0. The van der Waals surface area contributed by atoms with E-state index in [1.54, 1.807) is 12.0 Å². The topological polar surface area (TPSA) is 79.0 Å². The molecule has 0 aromatic heterocycles. The van der Waals surface area contributed by atoms with Crippen LogP contribution < -0.4 is 5.32 Å². The predicted octanol–water partition coefficient (Wildman–Crippen LogP) is 0.246. The molecule has 3 amide bonds. The van der Waals surface area contributed by atoms with Gasteiger partial charge in [0.15, 0.2) is 0 Å². The number of methoxy groups -OCH3 is 1. The average Bonchev–Trinajstić information content (AvgIpc) is 2.64.